The van der Waals surface area contributed by atoms with Crippen molar-refractivity contribution >= 4 is 13.8 Å². The number of allylic oxidation sites excluding steroid dienone is 4. The lowest BCUT2D eigenvalue weighted by molar-refractivity contribution is -0.870. The van der Waals surface area contributed by atoms with Gasteiger partial charge in [-0.3, -0.25) is 9.36 Å². The zero-order valence-corrected chi connectivity index (χ0v) is 35.0. The van der Waals surface area contributed by atoms with Crippen LogP contribution in [0.1, 0.15) is 181 Å². The molecule has 1 unspecified atom stereocenters. The lowest BCUT2D eigenvalue weighted by atomic mass is 10.0. The monoisotopic (exact) mass is 744 g/mol. The largest absolute Gasteiger partial charge is 0.756 e. The average Bonchev–Trinajstić information content (AvgIpc) is 3.08. The molecule has 0 aliphatic heterocycles. The summed E-state index contributed by atoms with van der Waals surface area (Å²) in [4.78, 5) is 25.0. The van der Waals surface area contributed by atoms with Crippen LogP contribution in [0.15, 0.2) is 24.3 Å². The topological polar surface area (TPSA) is 94.1 Å². The maximum absolute atomic E-state index is 12.6. The van der Waals surface area contributed by atoms with E-state index in [0.29, 0.717) is 24.1 Å². The first-order chi connectivity index (χ1) is 24.6. The second-order valence-electron chi connectivity index (χ2n) is 15.4. The highest BCUT2D eigenvalue weighted by atomic mass is 31.2. The Morgan fingerprint density at radius 1 is 0.608 bits per heavy atom. The number of phosphoric ester groups is 1. The molecule has 0 amide bonds. The Bertz CT molecular complexity index is 874. The van der Waals surface area contributed by atoms with E-state index in [1.807, 2.05) is 21.1 Å². The Balaban J connectivity index is 4.27. The number of phosphoric acid groups is 1. The molecule has 0 aromatic rings. The molecule has 0 N–H and O–H groups in total. The molecule has 9 heteroatoms. The minimum absolute atomic E-state index is 0.0250. The van der Waals surface area contributed by atoms with Crippen molar-refractivity contribution in [2.45, 2.75) is 187 Å². The van der Waals surface area contributed by atoms with Crippen LogP contribution in [0.4, 0.5) is 0 Å². The third-order valence-electron chi connectivity index (χ3n) is 9.01. The minimum Gasteiger partial charge on any atom is -0.756 e. The summed E-state index contributed by atoms with van der Waals surface area (Å²) >= 11 is 0. The Morgan fingerprint density at radius 2 is 1.08 bits per heavy atom. The Kier molecular flexibility index (Phi) is 35.3. The highest BCUT2D eigenvalue weighted by Crippen LogP contribution is 2.38. The molecule has 0 rings (SSSR count). The van der Waals surface area contributed by atoms with Gasteiger partial charge in [0.25, 0.3) is 7.82 Å². The SMILES string of the molecule is CCCCCC=CCC=CCCCCCCCC(=O)O[C@H](COCCCCCCCCCCCCCCCC)COP(=O)([O-])OCC[N+](C)(C)C. The number of unbranched alkanes of at least 4 members (excludes halogenated alkanes) is 21. The van der Waals surface area contributed by atoms with Gasteiger partial charge in [-0.15, -0.1) is 0 Å². The fraction of sp³-hybridized carbons (Fsp3) is 0.881. The molecule has 0 aliphatic rings. The van der Waals surface area contributed by atoms with Crippen LogP contribution < -0.4 is 4.89 Å². The summed E-state index contributed by atoms with van der Waals surface area (Å²) in [6.07, 6.45) is 38.9. The van der Waals surface area contributed by atoms with Gasteiger partial charge in [0.05, 0.1) is 34.4 Å². The standard InChI is InChI=1S/C42H82NO7P/c1-6-8-10-12-14-16-18-20-22-23-25-27-29-31-33-35-42(44)50-41(40-49-51(45,46)48-38-36-43(3,4)5)39-47-37-34-32-30-28-26-24-21-19-17-15-13-11-9-7-2/h14,16,20,22,41H,6-13,15,17-19,21,23-40H2,1-5H3/t41-/m1/s1. The summed E-state index contributed by atoms with van der Waals surface area (Å²) < 4.78 is 34.5. The third kappa shape index (κ3) is 40.0. The molecule has 302 valence electrons. The third-order valence-corrected chi connectivity index (χ3v) is 9.97. The van der Waals surface area contributed by atoms with E-state index in [2.05, 4.69) is 38.2 Å². The predicted molar refractivity (Wildman–Crippen MR) is 213 cm³/mol. The molecule has 0 aliphatic carbocycles. The number of carbonyl (C=O) groups excluding carboxylic acids is 1. The van der Waals surface area contributed by atoms with E-state index in [9.17, 15) is 14.3 Å². The van der Waals surface area contributed by atoms with Crippen LogP contribution in [-0.4, -0.2) is 70.7 Å². The number of rotatable bonds is 39. The molecular weight excluding hydrogens is 661 g/mol. The first-order valence-electron chi connectivity index (χ1n) is 21.1. The number of ether oxygens (including phenoxy) is 2. The Morgan fingerprint density at radius 3 is 1.63 bits per heavy atom. The van der Waals surface area contributed by atoms with Crippen molar-refractivity contribution in [3.8, 4) is 0 Å². The molecule has 0 saturated carbocycles. The van der Waals surface area contributed by atoms with Gasteiger partial charge < -0.3 is 27.9 Å². The van der Waals surface area contributed by atoms with E-state index < -0.39 is 13.9 Å². The van der Waals surface area contributed by atoms with E-state index in [1.54, 1.807) is 0 Å². The molecule has 0 aromatic carbocycles. The Hall–Kier alpha value is -1.02. The van der Waals surface area contributed by atoms with Gasteiger partial charge in [0.2, 0.25) is 0 Å². The first kappa shape index (κ1) is 50.0. The molecule has 0 spiro atoms. The fourth-order valence-corrected chi connectivity index (χ4v) is 6.42. The number of likely N-dealkylation sites (N-methyl/N-ethyl adjacent to an activating group) is 1. The molecule has 51 heavy (non-hydrogen) atoms. The number of hydrogen-bond donors (Lipinski definition) is 0. The van der Waals surface area contributed by atoms with Gasteiger partial charge >= 0.3 is 5.97 Å². The lowest BCUT2D eigenvalue weighted by Crippen LogP contribution is -2.37. The van der Waals surface area contributed by atoms with E-state index in [1.165, 1.54) is 103 Å². The van der Waals surface area contributed by atoms with E-state index in [4.69, 9.17) is 18.5 Å². The molecule has 0 fully saturated rings. The average molecular weight is 744 g/mol. The second-order valence-corrected chi connectivity index (χ2v) is 16.8. The normalized spacial score (nSPS) is 14.1. The van der Waals surface area contributed by atoms with Crippen LogP contribution in [0.5, 0.6) is 0 Å². The fourth-order valence-electron chi connectivity index (χ4n) is 5.69. The van der Waals surface area contributed by atoms with E-state index >= 15 is 0 Å². The number of quaternary nitrogens is 1. The van der Waals surface area contributed by atoms with Crippen LogP contribution in [-0.2, 0) is 27.9 Å². The van der Waals surface area contributed by atoms with E-state index in [0.717, 1.165) is 57.8 Å². The maximum atomic E-state index is 12.6. The van der Waals surface area contributed by atoms with Crippen molar-refractivity contribution in [3.63, 3.8) is 0 Å². The quantitative estimate of drug-likeness (QED) is 0.0203. The number of nitrogens with zero attached hydrogens (tertiary/aromatic N) is 1. The van der Waals surface area contributed by atoms with Gasteiger partial charge in [0, 0.05) is 13.0 Å². The smallest absolute Gasteiger partial charge is 0.306 e. The van der Waals surface area contributed by atoms with Crippen LogP contribution in [0.25, 0.3) is 0 Å². The highest BCUT2D eigenvalue weighted by molar-refractivity contribution is 7.45. The highest BCUT2D eigenvalue weighted by Gasteiger charge is 2.20. The first-order valence-corrected chi connectivity index (χ1v) is 22.5. The molecule has 0 saturated heterocycles. The summed E-state index contributed by atoms with van der Waals surface area (Å²) in [6, 6.07) is 0. The van der Waals surface area contributed by atoms with Gasteiger partial charge in [0.1, 0.15) is 19.3 Å². The van der Waals surface area contributed by atoms with Crippen molar-refractivity contribution in [1.29, 1.82) is 0 Å². The van der Waals surface area contributed by atoms with Gasteiger partial charge in [-0.05, 0) is 44.9 Å². The molecule has 0 radical (unpaired) electrons. The van der Waals surface area contributed by atoms with Crippen molar-refractivity contribution < 1.29 is 37.3 Å². The molecule has 0 aromatic heterocycles. The zero-order chi connectivity index (χ0) is 37.7. The van der Waals surface area contributed by atoms with Gasteiger partial charge in [-0.1, -0.05) is 154 Å². The Labute approximate surface area is 315 Å². The van der Waals surface area contributed by atoms with Crippen molar-refractivity contribution in [3.05, 3.63) is 24.3 Å². The summed E-state index contributed by atoms with van der Waals surface area (Å²) in [5, 5.41) is 0. The zero-order valence-electron chi connectivity index (χ0n) is 34.1. The summed E-state index contributed by atoms with van der Waals surface area (Å²) in [6.45, 7) is 5.38. The molecule has 2 atom stereocenters. The number of carbonyl (C=O) groups is 1. The summed E-state index contributed by atoms with van der Waals surface area (Å²) in [5.74, 6) is -0.346. The van der Waals surface area contributed by atoms with Crippen LogP contribution in [0.3, 0.4) is 0 Å². The summed E-state index contributed by atoms with van der Waals surface area (Å²) in [5.41, 5.74) is 0. The lowest BCUT2D eigenvalue weighted by Gasteiger charge is -2.28. The van der Waals surface area contributed by atoms with Crippen molar-refractivity contribution in [1.82, 2.24) is 0 Å². The number of hydrogen-bond acceptors (Lipinski definition) is 7. The van der Waals surface area contributed by atoms with E-state index in [-0.39, 0.29) is 25.8 Å². The van der Waals surface area contributed by atoms with Crippen LogP contribution >= 0.6 is 7.82 Å². The van der Waals surface area contributed by atoms with Crippen LogP contribution in [0.2, 0.25) is 0 Å². The minimum atomic E-state index is -4.52. The second kappa shape index (κ2) is 36.0. The molecule has 8 nitrogen and oxygen atoms in total. The molecule has 0 heterocycles. The van der Waals surface area contributed by atoms with Crippen molar-refractivity contribution in [2.24, 2.45) is 0 Å². The maximum Gasteiger partial charge on any atom is 0.306 e. The van der Waals surface area contributed by atoms with Gasteiger partial charge in [-0.25, -0.2) is 0 Å². The summed E-state index contributed by atoms with van der Waals surface area (Å²) in [7, 11) is 1.35. The van der Waals surface area contributed by atoms with Gasteiger partial charge in [0.15, 0.2) is 0 Å². The van der Waals surface area contributed by atoms with Gasteiger partial charge in [-0.2, -0.15) is 0 Å². The molecular formula is C42H82NO7P. The molecule has 0 bridgehead atoms. The van der Waals surface area contributed by atoms with Crippen LogP contribution in [0, 0.1) is 0 Å². The van der Waals surface area contributed by atoms with Crippen molar-refractivity contribution in [2.75, 3.05) is 54.1 Å². The number of esters is 1. The predicted octanol–water partition coefficient (Wildman–Crippen LogP) is 11.4.